The lowest BCUT2D eigenvalue weighted by Crippen LogP contribution is -2.27. The molecule has 0 aliphatic heterocycles. The van der Waals surface area contributed by atoms with Gasteiger partial charge in [-0.05, 0) is 29.8 Å². The lowest BCUT2D eigenvalue weighted by molar-refractivity contribution is 0.354. The minimum absolute atomic E-state index is 0.00419. The predicted molar refractivity (Wildman–Crippen MR) is 89.4 cm³/mol. The number of methoxy groups -OCH3 is 2. The topological polar surface area (TPSA) is 79.6 Å². The summed E-state index contributed by atoms with van der Waals surface area (Å²) < 4.78 is 37.0. The van der Waals surface area contributed by atoms with Crippen LogP contribution < -0.4 is 9.47 Å². The van der Waals surface area contributed by atoms with Gasteiger partial charge in [-0.2, -0.15) is 9.57 Å². The van der Waals surface area contributed by atoms with Crippen molar-refractivity contribution in [1.29, 1.82) is 5.26 Å². The summed E-state index contributed by atoms with van der Waals surface area (Å²) in [6.45, 7) is 0.141. The molecule has 0 saturated heterocycles. The van der Waals surface area contributed by atoms with Crippen LogP contribution in [0.15, 0.2) is 47.4 Å². The first-order valence-electron chi connectivity index (χ1n) is 7.10. The van der Waals surface area contributed by atoms with Gasteiger partial charge in [0.15, 0.2) is 11.5 Å². The molecule has 126 valence electrons. The molecule has 2 rings (SSSR count). The molecule has 0 saturated carbocycles. The van der Waals surface area contributed by atoms with E-state index in [1.807, 2.05) is 6.07 Å². The van der Waals surface area contributed by atoms with Gasteiger partial charge in [-0.15, -0.1) is 0 Å². The monoisotopic (exact) mass is 346 g/mol. The van der Waals surface area contributed by atoms with Gasteiger partial charge in [0.05, 0.1) is 24.7 Å². The predicted octanol–water partition coefficient (Wildman–Crippen LogP) is 2.40. The zero-order valence-electron chi connectivity index (χ0n) is 13.7. The zero-order chi connectivity index (χ0) is 17.7. The summed E-state index contributed by atoms with van der Waals surface area (Å²) in [5.41, 5.74) is 0.866. The van der Waals surface area contributed by atoms with Crippen LogP contribution in [0.2, 0.25) is 0 Å². The number of benzene rings is 2. The van der Waals surface area contributed by atoms with Gasteiger partial charge in [-0.25, -0.2) is 8.42 Å². The highest BCUT2D eigenvalue weighted by atomic mass is 32.2. The van der Waals surface area contributed by atoms with Gasteiger partial charge in [0, 0.05) is 13.6 Å². The smallest absolute Gasteiger partial charge is 0.244 e. The molecule has 0 radical (unpaired) electrons. The molecule has 0 bridgehead atoms. The average molecular weight is 346 g/mol. The largest absolute Gasteiger partial charge is 0.493 e. The molecule has 6 nitrogen and oxygen atoms in total. The first-order chi connectivity index (χ1) is 11.4. The van der Waals surface area contributed by atoms with E-state index in [2.05, 4.69) is 0 Å². The normalized spacial score (nSPS) is 11.1. The Labute approximate surface area is 141 Å². The fourth-order valence-electron chi connectivity index (χ4n) is 2.27. The van der Waals surface area contributed by atoms with Crippen molar-refractivity contribution in [2.75, 3.05) is 21.3 Å². The molecule has 0 amide bonds. The van der Waals surface area contributed by atoms with Crippen LogP contribution >= 0.6 is 0 Å². The lowest BCUT2D eigenvalue weighted by atomic mass is 10.2. The van der Waals surface area contributed by atoms with Crippen molar-refractivity contribution < 1.29 is 17.9 Å². The molecule has 0 atom stereocenters. The first kappa shape index (κ1) is 17.8. The fraction of sp³-hybridized carbons (Fsp3) is 0.235. The van der Waals surface area contributed by atoms with Crippen molar-refractivity contribution in [3.63, 3.8) is 0 Å². The maximum atomic E-state index is 12.7. The van der Waals surface area contributed by atoms with Crippen LogP contribution in [0.25, 0.3) is 0 Å². The molecule has 0 fully saturated rings. The highest BCUT2D eigenvalue weighted by Gasteiger charge is 2.24. The molecule has 0 heterocycles. The first-order valence-corrected chi connectivity index (χ1v) is 8.54. The third kappa shape index (κ3) is 3.50. The summed E-state index contributed by atoms with van der Waals surface area (Å²) in [7, 11) is 0.750. The highest BCUT2D eigenvalue weighted by Crippen LogP contribution is 2.29. The molecular weight excluding hydrogens is 328 g/mol. The Bertz CT molecular complexity index is 872. The Kier molecular flexibility index (Phi) is 5.44. The Morgan fingerprint density at radius 3 is 2.38 bits per heavy atom. The van der Waals surface area contributed by atoms with Gasteiger partial charge >= 0.3 is 0 Å². The summed E-state index contributed by atoms with van der Waals surface area (Å²) in [6.07, 6.45) is 0. The zero-order valence-corrected chi connectivity index (χ0v) is 14.5. The van der Waals surface area contributed by atoms with Crippen LogP contribution in [0.5, 0.6) is 11.5 Å². The van der Waals surface area contributed by atoms with E-state index in [1.54, 1.807) is 30.3 Å². The maximum absolute atomic E-state index is 12.7. The highest BCUT2D eigenvalue weighted by molar-refractivity contribution is 7.89. The Morgan fingerprint density at radius 1 is 1.08 bits per heavy atom. The second-order valence-corrected chi connectivity index (χ2v) is 7.07. The van der Waals surface area contributed by atoms with Crippen molar-refractivity contribution in [3.8, 4) is 17.6 Å². The molecule has 0 aromatic heterocycles. The van der Waals surface area contributed by atoms with E-state index in [9.17, 15) is 8.42 Å². The van der Waals surface area contributed by atoms with E-state index in [4.69, 9.17) is 14.7 Å². The van der Waals surface area contributed by atoms with Crippen LogP contribution in [0.1, 0.15) is 11.1 Å². The van der Waals surface area contributed by atoms with Crippen LogP contribution in [0, 0.1) is 11.3 Å². The van der Waals surface area contributed by atoms with Crippen LogP contribution in [-0.4, -0.2) is 34.0 Å². The molecule has 0 N–H and O–H groups in total. The molecule has 0 spiro atoms. The van der Waals surface area contributed by atoms with E-state index in [1.165, 1.54) is 37.7 Å². The van der Waals surface area contributed by atoms with Crippen LogP contribution in [0.4, 0.5) is 0 Å². The number of hydrogen-bond acceptors (Lipinski definition) is 5. The van der Waals surface area contributed by atoms with Gasteiger partial charge in [-0.3, -0.25) is 0 Å². The quantitative estimate of drug-likeness (QED) is 0.802. The van der Waals surface area contributed by atoms with Gasteiger partial charge in [0.25, 0.3) is 0 Å². The molecule has 7 heteroatoms. The van der Waals surface area contributed by atoms with Gasteiger partial charge in [-0.1, -0.05) is 18.2 Å². The van der Waals surface area contributed by atoms with Gasteiger partial charge in [0.2, 0.25) is 10.0 Å². The van der Waals surface area contributed by atoms with Crippen molar-refractivity contribution >= 4 is 10.0 Å². The Morgan fingerprint density at radius 2 is 1.75 bits per heavy atom. The molecule has 0 aliphatic carbocycles. The van der Waals surface area contributed by atoms with Crippen LogP contribution in [-0.2, 0) is 16.6 Å². The van der Waals surface area contributed by atoms with E-state index in [-0.39, 0.29) is 17.0 Å². The van der Waals surface area contributed by atoms with E-state index >= 15 is 0 Å². The maximum Gasteiger partial charge on any atom is 0.244 e. The molecular formula is C17H18N2O4S. The summed E-state index contributed by atoms with van der Waals surface area (Å²) in [6, 6.07) is 13.3. The second-order valence-electron chi connectivity index (χ2n) is 5.06. The van der Waals surface area contributed by atoms with E-state index in [0.29, 0.717) is 11.5 Å². The Hall–Kier alpha value is -2.56. The summed E-state index contributed by atoms with van der Waals surface area (Å²) >= 11 is 0. The van der Waals surface area contributed by atoms with Gasteiger partial charge < -0.3 is 9.47 Å². The SMILES string of the molecule is COc1ccc(CN(C)S(=O)(=O)c2ccccc2C#N)cc1OC. The number of nitriles is 1. The number of rotatable bonds is 6. The minimum atomic E-state index is -3.78. The lowest BCUT2D eigenvalue weighted by Gasteiger charge is -2.18. The molecule has 24 heavy (non-hydrogen) atoms. The van der Waals surface area contributed by atoms with E-state index in [0.717, 1.165) is 5.56 Å². The summed E-state index contributed by atoms with van der Waals surface area (Å²) in [5.74, 6) is 1.10. The summed E-state index contributed by atoms with van der Waals surface area (Å²) in [5, 5.41) is 9.12. The molecule has 2 aromatic carbocycles. The summed E-state index contributed by atoms with van der Waals surface area (Å²) in [4.78, 5) is -0.00419. The fourth-order valence-corrected chi connectivity index (χ4v) is 3.57. The van der Waals surface area contributed by atoms with Crippen LogP contribution in [0.3, 0.4) is 0 Å². The van der Waals surface area contributed by atoms with Gasteiger partial charge in [0.1, 0.15) is 6.07 Å². The average Bonchev–Trinajstić information content (AvgIpc) is 2.61. The molecule has 0 aliphatic rings. The third-order valence-corrected chi connectivity index (χ3v) is 5.41. The third-order valence-electron chi connectivity index (χ3n) is 3.55. The van der Waals surface area contributed by atoms with Crippen molar-refractivity contribution in [1.82, 2.24) is 4.31 Å². The number of sulfonamides is 1. The molecule has 0 unspecified atom stereocenters. The standard InChI is InChI=1S/C17H18N2O4S/c1-19(12-13-8-9-15(22-2)16(10-13)23-3)24(20,21)17-7-5-4-6-14(17)11-18/h4-10H,12H2,1-3H3. The Balaban J connectivity index is 2.32. The second kappa shape index (κ2) is 7.34. The van der Waals surface area contributed by atoms with E-state index < -0.39 is 10.0 Å². The van der Waals surface area contributed by atoms with Crippen molar-refractivity contribution in [2.45, 2.75) is 11.4 Å². The number of nitrogens with zero attached hydrogens (tertiary/aromatic N) is 2. The molecule has 2 aromatic rings. The number of hydrogen-bond donors (Lipinski definition) is 0. The van der Waals surface area contributed by atoms with Crippen molar-refractivity contribution in [3.05, 3.63) is 53.6 Å². The number of ether oxygens (including phenoxy) is 2. The minimum Gasteiger partial charge on any atom is -0.493 e. The van der Waals surface area contributed by atoms with Crippen molar-refractivity contribution in [2.24, 2.45) is 0 Å².